The highest BCUT2D eigenvalue weighted by Gasteiger charge is 2.08. The molecule has 0 aliphatic rings. The van der Waals surface area contributed by atoms with Gasteiger partial charge in [-0.25, -0.2) is 0 Å². The first-order valence-electron chi connectivity index (χ1n) is 7.10. The maximum Gasteiger partial charge on any atom is 0.255 e. The Morgan fingerprint density at radius 1 is 1.13 bits per heavy atom. The normalized spacial score (nSPS) is 9.78. The molecule has 0 saturated carbocycles. The van der Waals surface area contributed by atoms with Gasteiger partial charge in [0, 0.05) is 25.3 Å². The minimum absolute atomic E-state index is 0.0232. The molecule has 0 atom stereocenters. The molecule has 0 unspecified atom stereocenters. The number of nitrogens with one attached hydrogen (secondary N) is 1. The van der Waals surface area contributed by atoms with Crippen LogP contribution in [0.1, 0.15) is 21.5 Å². The maximum atomic E-state index is 12.2. The average Bonchev–Trinajstić information content (AvgIpc) is 2.56. The van der Waals surface area contributed by atoms with Crippen LogP contribution in [0, 0.1) is 11.3 Å². The van der Waals surface area contributed by atoms with Crippen molar-refractivity contribution in [3.8, 4) is 6.07 Å². The molecular formula is C18H17N3O2. The molecule has 5 heteroatoms. The lowest BCUT2D eigenvalue weighted by Gasteiger charge is -2.10. The zero-order chi connectivity index (χ0) is 16.8. The average molecular weight is 307 g/mol. The molecule has 2 aromatic carbocycles. The Labute approximate surface area is 135 Å². The number of hydrogen-bond acceptors (Lipinski definition) is 3. The highest BCUT2D eigenvalue weighted by atomic mass is 16.2. The van der Waals surface area contributed by atoms with Gasteiger partial charge in [-0.2, -0.15) is 5.26 Å². The van der Waals surface area contributed by atoms with Crippen molar-refractivity contribution in [3.05, 3.63) is 65.2 Å². The molecule has 2 amide bonds. The van der Waals surface area contributed by atoms with Gasteiger partial charge >= 0.3 is 0 Å². The highest BCUT2D eigenvalue weighted by molar-refractivity contribution is 6.04. The lowest BCUT2D eigenvalue weighted by molar-refractivity contribution is -0.127. The number of carbonyl (C=O) groups is 2. The summed E-state index contributed by atoms with van der Waals surface area (Å²) in [6.07, 6.45) is 0.325. The van der Waals surface area contributed by atoms with Gasteiger partial charge in [-0.05, 0) is 35.9 Å². The molecule has 0 aromatic heterocycles. The SMILES string of the molecule is CN(C)C(=O)Cc1ccc(NC(=O)c2cccc(C#N)c2)cc1. The van der Waals surface area contributed by atoms with E-state index in [-0.39, 0.29) is 11.8 Å². The van der Waals surface area contributed by atoms with E-state index in [2.05, 4.69) is 5.32 Å². The summed E-state index contributed by atoms with van der Waals surface area (Å²) in [7, 11) is 3.43. The van der Waals surface area contributed by atoms with Crippen molar-refractivity contribution < 1.29 is 9.59 Å². The van der Waals surface area contributed by atoms with Crippen LogP contribution in [0.15, 0.2) is 48.5 Å². The molecule has 0 radical (unpaired) electrons. The molecule has 23 heavy (non-hydrogen) atoms. The summed E-state index contributed by atoms with van der Waals surface area (Å²) >= 11 is 0. The molecule has 0 saturated heterocycles. The predicted molar refractivity (Wildman–Crippen MR) is 88.0 cm³/mol. The Morgan fingerprint density at radius 3 is 2.43 bits per heavy atom. The monoisotopic (exact) mass is 307 g/mol. The number of carbonyl (C=O) groups excluding carboxylic acids is 2. The number of nitrogens with zero attached hydrogens (tertiary/aromatic N) is 2. The van der Waals surface area contributed by atoms with Gasteiger partial charge in [-0.1, -0.05) is 18.2 Å². The molecule has 2 rings (SSSR count). The quantitative estimate of drug-likeness (QED) is 0.943. The second-order valence-corrected chi connectivity index (χ2v) is 5.31. The molecule has 0 bridgehead atoms. The third-order valence-electron chi connectivity index (χ3n) is 3.32. The van der Waals surface area contributed by atoms with Gasteiger partial charge in [-0.15, -0.1) is 0 Å². The highest BCUT2D eigenvalue weighted by Crippen LogP contribution is 2.13. The lowest BCUT2D eigenvalue weighted by atomic mass is 10.1. The Balaban J connectivity index is 2.04. The standard InChI is InChI=1S/C18H17N3O2/c1-21(2)17(22)11-13-6-8-16(9-7-13)20-18(23)15-5-3-4-14(10-15)12-19/h3-10H,11H2,1-2H3,(H,20,23). The van der Waals surface area contributed by atoms with Crippen molar-refractivity contribution in [3.63, 3.8) is 0 Å². The van der Waals surface area contributed by atoms with Gasteiger partial charge in [0.25, 0.3) is 5.91 Å². The summed E-state index contributed by atoms with van der Waals surface area (Å²) in [5.41, 5.74) is 2.39. The number of nitriles is 1. The Morgan fingerprint density at radius 2 is 1.83 bits per heavy atom. The molecule has 0 fully saturated rings. The number of hydrogen-bond donors (Lipinski definition) is 1. The fourth-order valence-corrected chi connectivity index (χ4v) is 1.97. The van der Waals surface area contributed by atoms with Crippen LogP contribution < -0.4 is 5.32 Å². The summed E-state index contributed by atoms with van der Waals surface area (Å²) in [5.74, 6) is -0.255. The van der Waals surface area contributed by atoms with Crippen LogP contribution in [0.3, 0.4) is 0 Å². The zero-order valence-corrected chi connectivity index (χ0v) is 13.0. The molecule has 0 spiro atoms. The van der Waals surface area contributed by atoms with Crippen LogP contribution in [0.5, 0.6) is 0 Å². The van der Waals surface area contributed by atoms with Crippen molar-refractivity contribution in [2.75, 3.05) is 19.4 Å². The smallest absolute Gasteiger partial charge is 0.255 e. The van der Waals surface area contributed by atoms with E-state index in [0.29, 0.717) is 23.2 Å². The molecule has 1 N–H and O–H groups in total. The molecule has 116 valence electrons. The van der Waals surface area contributed by atoms with Crippen molar-refractivity contribution in [2.24, 2.45) is 0 Å². The first-order chi connectivity index (χ1) is 11.0. The fourth-order valence-electron chi connectivity index (χ4n) is 1.97. The van der Waals surface area contributed by atoms with Crippen molar-refractivity contribution in [1.82, 2.24) is 4.90 Å². The van der Waals surface area contributed by atoms with Crippen LogP contribution in [-0.4, -0.2) is 30.8 Å². The number of anilines is 1. The minimum atomic E-state index is -0.279. The van der Waals surface area contributed by atoms with E-state index in [0.717, 1.165) is 5.56 Å². The Bertz CT molecular complexity index is 759. The van der Waals surface area contributed by atoms with Crippen molar-refractivity contribution in [2.45, 2.75) is 6.42 Å². The topological polar surface area (TPSA) is 73.2 Å². The van der Waals surface area contributed by atoms with Gasteiger partial charge in [0.05, 0.1) is 18.1 Å². The number of likely N-dealkylation sites (N-methyl/N-ethyl adjacent to an activating group) is 1. The zero-order valence-electron chi connectivity index (χ0n) is 13.0. The van der Waals surface area contributed by atoms with E-state index in [4.69, 9.17) is 5.26 Å². The second-order valence-electron chi connectivity index (χ2n) is 5.31. The predicted octanol–water partition coefficient (Wildman–Crippen LogP) is 2.44. The maximum absolute atomic E-state index is 12.2. The van der Waals surface area contributed by atoms with E-state index in [1.165, 1.54) is 4.90 Å². The molecule has 0 heterocycles. The van der Waals surface area contributed by atoms with Crippen LogP contribution in [-0.2, 0) is 11.2 Å². The first-order valence-corrected chi connectivity index (χ1v) is 7.10. The van der Waals surface area contributed by atoms with Gasteiger partial charge in [0.1, 0.15) is 0 Å². The van der Waals surface area contributed by atoms with Crippen LogP contribution in [0.2, 0.25) is 0 Å². The van der Waals surface area contributed by atoms with Gasteiger partial charge in [0.2, 0.25) is 5.91 Å². The second kappa shape index (κ2) is 7.23. The van der Waals surface area contributed by atoms with E-state index in [9.17, 15) is 9.59 Å². The van der Waals surface area contributed by atoms with Crippen molar-refractivity contribution >= 4 is 17.5 Å². The molecule has 2 aromatic rings. The van der Waals surface area contributed by atoms with Gasteiger partial charge in [-0.3, -0.25) is 9.59 Å². The summed E-state index contributed by atoms with van der Waals surface area (Å²) in [4.78, 5) is 25.3. The Hall–Kier alpha value is -3.13. The summed E-state index contributed by atoms with van der Waals surface area (Å²) in [5, 5.41) is 11.6. The van der Waals surface area contributed by atoms with Crippen LogP contribution in [0.25, 0.3) is 0 Å². The van der Waals surface area contributed by atoms with Crippen LogP contribution >= 0.6 is 0 Å². The largest absolute Gasteiger partial charge is 0.349 e. The molecular weight excluding hydrogens is 290 g/mol. The molecule has 5 nitrogen and oxygen atoms in total. The summed E-state index contributed by atoms with van der Waals surface area (Å²) in [6, 6.07) is 15.6. The summed E-state index contributed by atoms with van der Waals surface area (Å²) < 4.78 is 0. The number of rotatable bonds is 4. The third kappa shape index (κ3) is 4.42. The van der Waals surface area contributed by atoms with E-state index in [1.807, 2.05) is 18.2 Å². The number of benzene rings is 2. The fraction of sp³-hybridized carbons (Fsp3) is 0.167. The molecule has 0 aliphatic carbocycles. The van der Waals surface area contributed by atoms with Crippen molar-refractivity contribution in [1.29, 1.82) is 5.26 Å². The molecule has 0 aliphatic heterocycles. The minimum Gasteiger partial charge on any atom is -0.349 e. The number of amides is 2. The van der Waals surface area contributed by atoms with E-state index < -0.39 is 0 Å². The van der Waals surface area contributed by atoms with Gasteiger partial charge < -0.3 is 10.2 Å². The van der Waals surface area contributed by atoms with Crippen LogP contribution in [0.4, 0.5) is 5.69 Å². The Kier molecular flexibility index (Phi) is 5.11. The van der Waals surface area contributed by atoms with Gasteiger partial charge in [0.15, 0.2) is 0 Å². The first kappa shape index (κ1) is 16.2. The summed E-state index contributed by atoms with van der Waals surface area (Å²) in [6.45, 7) is 0. The van der Waals surface area contributed by atoms with E-state index >= 15 is 0 Å². The third-order valence-corrected chi connectivity index (χ3v) is 3.32. The lowest BCUT2D eigenvalue weighted by Crippen LogP contribution is -2.23. The van der Waals surface area contributed by atoms with E-state index in [1.54, 1.807) is 50.5 Å².